The first-order valence-corrected chi connectivity index (χ1v) is 7.24. The van der Waals surface area contributed by atoms with E-state index in [9.17, 15) is 9.18 Å². The van der Waals surface area contributed by atoms with E-state index >= 15 is 0 Å². The summed E-state index contributed by atoms with van der Waals surface area (Å²) in [6.07, 6.45) is 0. The zero-order chi connectivity index (χ0) is 15.4. The highest BCUT2D eigenvalue weighted by molar-refractivity contribution is 9.10. The van der Waals surface area contributed by atoms with Crippen molar-refractivity contribution in [2.75, 3.05) is 12.4 Å². The normalized spacial score (nSPS) is 10.3. The quantitative estimate of drug-likeness (QED) is 0.795. The summed E-state index contributed by atoms with van der Waals surface area (Å²) in [5.41, 5.74) is 1.63. The van der Waals surface area contributed by atoms with Gasteiger partial charge in [0.05, 0.1) is 18.4 Å². The fourth-order valence-electron chi connectivity index (χ4n) is 1.82. The van der Waals surface area contributed by atoms with Crippen LogP contribution in [0.2, 0.25) is 5.02 Å². The Morgan fingerprint density at radius 3 is 2.81 bits per heavy atom. The molecule has 110 valence electrons. The van der Waals surface area contributed by atoms with Crippen LogP contribution in [0.3, 0.4) is 0 Å². The van der Waals surface area contributed by atoms with Crippen molar-refractivity contribution in [3.05, 3.63) is 62.8 Å². The van der Waals surface area contributed by atoms with Crippen LogP contribution in [-0.2, 0) is 11.3 Å². The number of hydrogen-bond acceptors (Lipinski definition) is 3. The molecule has 0 fully saturated rings. The molecule has 0 heterocycles. The van der Waals surface area contributed by atoms with Crippen molar-refractivity contribution in [1.82, 2.24) is 0 Å². The molecule has 0 aliphatic carbocycles. The van der Waals surface area contributed by atoms with E-state index in [1.54, 1.807) is 24.3 Å². The summed E-state index contributed by atoms with van der Waals surface area (Å²) < 4.78 is 18.8. The van der Waals surface area contributed by atoms with E-state index in [1.165, 1.54) is 19.2 Å². The second kappa shape index (κ2) is 6.91. The third-order valence-electron chi connectivity index (χ3n) is 2.86. The zero-order valence-corrected chi connectivity index (χ0v) is 13.5. The van der Waals surface area contributed by atoms with Crippen LogP contribution in [0.25, 0.3) is 0 Å². The summed E-state index contributed by atoms with van der Waals surface area (Å²) in [4.78, 5) is 11.7. The summed E-state index contributed by atoms with van der Waals surface area (Å²) >= 11 is 9.30. The molecule has 0 aliphatic rings. The predicted octanol–water partition coefficient (Wildman–Crippen LogP) is 4.64. The molecule has 3 nitrogen and oxygen atoms in total. The van der Waals surface area contributed by atoms with Gasteiger partial charge in [-0.25, -0.2) is 9.18 Å². The van der Waals surface area contributed by atoms with Gasteiger partial charge in [0.1, 0.15) is 5.82 Å². The number of ether oxygens (including phenoxy) is 1. The van der Waals surface area contributed by atoms with E-state index in [1.807, 2.05) is 0 Å². The second-order valence-corrected chi connectivity index (χ2v) is 5.56. The maximum Gasteiger partial charge on any atom is 0.339 e. The van der Waals surface area contributed by atoms with Crippen molar-refractivity contribution in [3.63, 3.8) is 0 Å². The fourth-order valence-corrected chi connectivity index (χ4v) is 2.38. The first kappa shape index (κ1) is 15.8. The van der Waals surface area contributed by atoms with Crippen molar-refractivity contribution < 1.29 is 13.9 Å². The van der Waals surface area contributed by atoms with Gasteiger partial charge < -0.3 is 10.1 Å². The SMILES string of the molecule is COC(=O)c1ccc(Cl)cc1NCc1cc(F)ccc1Br. The lowest BCUT2D eigenvalue weighted by Crippen LogP contribution is -2.08. The van der Waals surface area contributed by atoms with E-state index in [2.05, 4.69) is 21.2 Å². The third-order valence-corrected chi connectivity index (χ3v) is 3.87. The molecule has 1 N–H and O–H groups in total. The number of carbonyl (C=O) groups is 1. The number of methoxy groups -OCH3 is 1. The van der Waals surface area contributed by atoms with Crippen LogP contribution in [0.5, 0.6) is 0 Å². The summed E-state index contributed by atoms with van der Waals surface area (Å²) in [6, 6.07) is 9.23. The Hall–Kier alpha value is -1.59. The zero-order valence-electron chi connectivity index (χ0n) is 11.1. The van der Waals surface area contributed by atoms with Gasteiger partial charge in [-0.3, -0.25) is 0 Å². The average Bonchev–Trinajstić information content (AvgIpc) is 2.47. The van der Waals surface area contributed by atoms with Crippen molar-refractivity contribution in [1.29, 1.82) is 0 Å². The highest BCUT2D eigenvalue weighted by Crippen LogP contribution is 2.24. The Balaban J connectivity index is 2.25. The molecule has 6 heteroatoms. The summed E-state index contributed by atoms with van der Waals surface area (Å²) in [5.74, 6) is -0.790. The fraction of sp³-hybridized carbons (Fsp3) is 0.133. The van der Waals surface area contributed by atoms with E-state index in [-0.39, 0.29) is 5.82 Å². The van der Waals surface area contributed by atoms with Crippen LogP contribution in [0, 0.1) is 5.82 Å². The molecule has 2 aromatic carbocycles. The summed E-state index contributed by atoms with van der Waals surface area (Å²) in [7, 11) is 1.31. The minimum Gasteiger partial charge on any atom is -0.465 e. The first-order chi connectivity index (χ1) is 10.0. The monoisotopic (exact) mass is 371 g/mol. The van der Waals surface area contributed by atoms with Gasteiger partial charge >= 0.3 is 5.97 Å². The van der Waals surface area contributed by atoms with Crippen molar-refractivity contribution in [3.8, 4) is 0 Å². The van der Waals surface area contributed by atoms with Gasteiger partial charge in [-0.1, -0.05) is 27.5 Å². The molecule has 0 spiro atoms. The van der Waals surface area contributed by atoms with Crippen LogP contribution in [0.15, 0.2) is 40.9 Å². The van der Waals surface area contributed by atoms with Gasteiger partial charge in [-0.05, 0) is 42.0 Å². The van der Waals surface area contributed by atoms with Crippen LogP contribution in [0.1, 0.15) is 15.9 Å². The van der Waals surface area contributed by atoms with Crippen molar-refractivity contribution in [2.24, 2.45) is 0 Å². The van der Waals surface area contributed by atoms with Crippen LogP contribution >= 0.6 is 27.5 Å². The molecular formula is C15H12BrClFNO2. The van der Waals surface area contributed by atoms with Gasteiger partial charge in [-0.15, -0.1) is 0 Å². The van der Waals surface area contributed by atoms with Gasteiger partial charge in [0.25, 0.3) is 0 Å². The summed E-state index contributed by atoms with van der Waals surface area (Å²) in [5, 5.41) is 3.56. The smallest absolute Gasteiger partial charge is 0.339 e. The Labute approximate surface area is 135 Å². The van der Waals surface area contributed by atoms with Crippen LogP contribution in [-0.4, -0.2) is 13.1 Å². The molecule has 0 saturated carbocycles. The van der Waals surface area contributed by atoms with Gasteiger partial charge in [0, 0.05) is 16.0 Å². The molecular weight excluding hydrogens is 361 g/mol. The molecule has 0 amide bonds. The van der Waals surface area contributed by atoms with Crippen molar-refractivity contribution >= 4 is 39.2 Å². The van der Waals surface area contributed by atoms with Crippen molar-refractivity contribution in [2.45, 2.75) is 6.54 Å². The lowest BCUT2D eigenvalue weighted by Gasteiger charge is -2.12. The van der Waals surface area contributed by atoms with Gasteiger partial charge in [-0.2, -0.15) is 0 Å². The highest BCUT2D eigenvalue weighted by atomic mass is 79.9. The van der Waals surface area contributed by atoms with Gasteiger partial charge in [0.2, 0.25) is 0 Å². The maximum atomic E-state index is 13.3. The molecule has 0 bridgehead atoms. The number of benzene rings is 2. The minimum atomic E-state index is -0.465. The Morgan fingerprint density at radius 2 is 2.10 bits per heavy atom. The minimum absolute atomic E-state index is 0.325. The Kier molecular flexibility index (Phi) is 5.20. The molecule has 21 heavy (non-hydrogen) atoms. The largest absolute Gasteiger partial charge is 0.465 e. The number of nitrogens with one attached hydrogen (secondary N) is 1. The van der Waals surface area contributed by atoms with E-state index in [4.69, 9.17) is 16.3 Å². The molecule has 0 unspecified atom stereocenters. The number of carbonyl (C=O) groups excluding carboxylic acids is 1. The number of rotatable bonds is 4. The van der Waals surface area contributed by atoms with E-state index < -0.39 is 5.97 Å². The lowest BCUT2D eigenvalue weighted by atomic mass is 10.1. The average molecular weight is 373 g/mol. The molecule has 0 aliphatic heterocycles. The number of hydrogen-bond donors (Lipinski definition) is 1. The Bertz CT molecular complexity index is 679. The number of halogens is 3. The first-order valence-electron chi connectivity index (χ1n) is 6.07. The van der Waals surface area contributed by atoms with Gasteiger partial charge in [0.15, 0.2) is 0 Å². The number of anilines is 1. The number of esters is 1. The maximum absolute atomic E-state index is 13.3. The molecule has 0 radical (unpaired) electrons. The second-order valence-electron chi connectivity index (χ2n) is 4.27. The predicted molar refractivity (Wildman–Crippen MR) is 84.2 cm³/mol. The standard InChI is InChI=1S/C15H12BrClFNO2/c1-21-15(20)12-4-2-10(17)7-14(12)19-8-9-6-11(18)3-5-13(9)16/h2-7,19H,8H2,1H3. The molecule has 0 aromatic heterocycles. The summed E-state index contributed by atoms with van der Waals surface area (Å²) in [6.45, 7) is 0.336. The molecule has 0 atom stereocenters. The molecule has 2 aromatic rings. The highest BCUT2D eigenvalue weighted by Gasteiger charge is 2.12. The van der Waals surface area contributed by atoms with E-state index in [0.717, 1.165) is 10.0 Å². The molecule has 2 rings (SSSR count). The molecule has 0 saturated heterocycles. The van der Waals surface area contributed by atoms with Crippen LogP contribution in [0.4, 0.5) is 10.1 Å². The van der Waals surface area contributed by atoms with Crippen LogP contribution < -0.4 is 5.32 Å². The Morgan fingerprint density at radius 1 is 1.33 bits per heavy atom. The third kappa shape index (κ3) is 3.95. The topological polar surface area (TPSA) is 38.3 Å². The van der Waals surface area contributed by atoms with E-state index in [0.29, 0.717) is 22.8 Å². The lowest BCUT2D eigenvalue weighted by molar-refractivity contribution is 0.0602.